The second kappa shape index (κ2) is 4.26. The van der Waals surface area contributed by atoms with Crippen LogP contribution in [0.15, 0.2) is 18.2 Å². The lowest BCUT2D eigenvalue weighted by Crippen LogP contribution is -1.99. The average Bonchev–Trinajstić information content (AvgIpc) is 3.02. The molecule has 1 heteroatoms. The summed E-state index contributed by atoms with van der Waals surface area (Å²) in [7, 11) is 0. The van der Waals surface area contributed by atoms with Crippen LogP contribution in [0.25, 0.3) is 0 Å². The predicted molar refractivity (Wildman–Crippen MR) is 63.7 cm³/mol. The molecule has 2 rings (SSSR count). The first kappa shape index (κ1) is 10.5. The maximum Gasteiger partial charge on any atom is 0.122 e. The molecule has 0 bridgehead atoms. The van der Waals surface area contributed by atoms with Crippen molar-refractivity contribution in [3.63, 3.8) is 0 Å². The molecular formula is C14H20O. The highest BCUT2D eigenvalue weighted by molar-refractivity contribution is 5.41. The lowest BCUT2D eigenvalue weighted by Gasteiger charge is -2.14. The van der Waals surface area contributed by atoms with Crippen LogP contribution in [0.2, 0.25) is 0 Å². The molecule has 0 saturated heterocycles. The Kier molecular flexibility index (Phi) is 2.99. The third kappa shape index (κ3) is 2.34. The molecule has 0 atom stereocenters. The van der Waals surface area contributed by atoms with E-state index < -0.39 is 0 Å². The van der Waals surface area contributed by atoms with Crippen molar-refractivity contribution >= 4 is 0 Å². The van der Waals surface area contributed by atoms with E-state index in [1.54, 1.807) is 0 Å². The van der Waals surface area contributed by atoms with Crippen molar-refractivity contribution < 1.29 is 4.74 Å². The Labute approximate surface area is 92.5 Å². The van der Waals surface area contributed by atoms with Crippen LogP contribution in [0, 0.1) is 0 Å². The van der Waals surface area contributed by atoms with E-state index in [1.807, 2.05) is 6.92 Å². The van der Waals surface area contributed by atoms with Gasteiger partial charge in [-0.25, -0.2) is 0 Å². The van der Waals surface area contributed by atoms with E-state index in [4.69, 9.17) is 4.74 Å². The van der Waals surface area contributed by atoms with Crippen LogP contribution in [0.3, 0.4) is 0 Å². The highest BCUT2D eigenvalue weighted by Gasteiger charge is 2.24. The van der Waals surface area contributed by atoms with Crippen molar-refractivity contribution in [3.05, 3.63) is 29.3 Å². The van der Waals surface area contributed by atoms with Gasteiger partial charge in [-0.3, -0.25) is 0 Å². The summed E-state index contributed by atoms with van der Waals surface area (Å²) in [4.78, 5) is 0. The molecule has 0 spiro atoms. The van der Waals surface area contributed by atoms with Crippen LogP contribution in [0.1, 0.15) is 56.6 Å². The van der Waals surface area contributed by atoms with E-state index in [2.05, 4.69) is 32.0 Å². The number of rotatable bonds is 4. The fourth-order valence-electron chi connectivity index (χ4n) is 1.98. The SMILES string of the molecule is CCOc1ccc(C2CC2)cc1C(C)C. The van der Waals surface area contributed by atoms with Gasteiger partial charge in [-0.05, 0) is 48.8 Å². The summed E-state index contributed by atoms with van der Waals surface area (Å²) in [5.41, 5.74) is 2.86. The lowest BCUT2D eigenvalue weighted by atomic mass is 9.98. The fraction of sp³-hybridized carbons (Fsp3) is 0.571. The lowest BCUT2D eigenvalue weighted by molar-refractivity contribution is 0.335. The minimum Gasteiger partial charge on any atom is -0.494 e. The Morgan fingerprint density at radius 1 is 1.33 bits per heavy atom. The van der Waals surface area contributed by atoms with E-state index >= 15 is 0 Å². The molecule has 0 amide bonds. The van der Waals surface area contributed by atoms with Crippen molar-refractivity contribution in [2.75, 3.05) is 6.61 Å². The Morgan fingerprint density at radius 3 is 2.60 bits per heavy atom. The van der Waals surface area contributed by atoms with Gasteiger partial charge >= 0.3 is 0 Å². The van der Waals surface area contributed by atoms with Gasteiger partial charge in [-0.1, -0.05) is 26.0 Å². The summed E-state index contributed by atoms with van der Waals surface area (Å²) in [5, 5.41) is 0. The first-order chi connectivity index (χ1) is 7.22. The molecule has 1 aromatic carbocycles. The number of ether oxygens (including phenoxy) is 1. The number of hydrogen-bond donors (Lipinski definition) is 0. The normalized spacial score (nSPS) is 15.7. The van der Waals surface area contributed by atoms with Crippen molar-refractivity contribution in [3.8, 4) is 5.75 Å². The van der Waals surface area contributed by atoms with E-state index in [0.29, 0.717) is 5.92 Å². The summed E-state index contributed by atoms with van der Waals surface area (Å²) in [5.74, 6) is 2.44. The summed E-state index contributed by atoms with van der Waals surface area (Å²) in [6.07, 6.45) is 2.73. The van der Waals surface area contributed by atoms with Crippen molar-refractivity contribution in [2.45, 2.75) is 45.4 Å². The summed E-state index contributed by atoms with van der Waals surface area (Å²) in [6.45, 7) is 7.25. The summed E-state index contributed by atoms with van der Waals surface area (Å²) >= 11 is 0. The first-order valence-electron chi connectivity index (χ1n) is 5.99. The van der Waals surface area contributed by atoms with Crippen molar-refractivity contribution in [1.82, 2.24) is 0 Å². The van der Waals surface area contributed by atoms with Crippen LogP contribution in [0.4, 0.5) is 0 Å². The van der Waals surface area contributed by atoms with E-state index in [9.17, 15) is 0 Å². The van der Waals surface area contributed by atoms with Crippen molar-refractivity contribution in [1.29, 1.82) is 0 Å². The van der Waals surface area contributed by atoms with Gasteiger partial charge in [0.25, 0.3) is 0 Å². The zero-order valence-corrected chi connectivity index (χ0v) is 9.92. The molecule has 0 aromatic heterocycles. The molecule has 1 nitrogen and oxygen atoms in total. The van der Waals surface area contributed by atoms with Gasteiger partial charge in [-0.2, -0.15) is 0 Å². The largest absolute Gasteiger partial charge is 0.494 e. The molecule has 82 valence electrons. The molecule has 0 unspecified atom stereocenters. The average molecular weight is 204 g/mol. The zero-order chi connectivity index (χ0) is 10.8. The van der Waals surface area contributed by atoms with E-state index in [-0.39, 0.29) is 0 Å². The molecule has 1 saturated carbocycles. The predicted octanol–water partition coefficient (Wildman–Crippen LogP) is 4.09. The number of hydrogen-bond acceptors (Lipinski definition) is 1. The van der Waals surface area contributed by atoms with Crippen LogP contribution < -0.4 is 4.74 Å². The third-order valence-electron chi connectivity index (χ3n) is 3.00. The molecule has 0 radical (unpaired) electrons. The van der Waals surface area contributed by atoms with Crippen LogP contribution in [-0.2, 0) is 0 Å². The van der Waals surface area contributed by atoms with E-state index in [0.717, 1.165) is 18.3 Å². The van der Waals surface area contributed by atoms with Crippen LogP contribution in [0.5, 0.6) is 5.75 Å². The summed E-state index contributed by atoms with van der Waals surface area (Å²) < 4.78 is 5.65. The topological polar surface area (TPSA) is 9.23 Å². The highest BCUT2D eigenvalue weighted by Crippen LogP contribution is 2.42. The maximum atomic E-state index is 5.65. The van der Waals surface area contributed by atoms with Gasteiger partial charge in [0.15, 0.2) is 0 Å². The summed E-state index contributed by atoms with van der Waals surface area (Å²) in [6, 6.07) is 6.72. The second-order valence-corrected chi connectivity index (χ2v) is 4.66. The molecule has 1 aliphatic rings. The van der Waals surface area contributed by atoms with Gasteiger partial charge < -0.3 is 4.74 Å². The van der Waals surface area contributed by atoms with E-state index in [1.165, 1.54) is 24.0 Å². The minimum absolute atomic E-state index is 0.547. The quantitative estimate of drug-likeness (QED) is 0.718. The Bertz CT molecular complexity index is 337. The van der Waals surface area contributed by atoms with Gasteiger partial charge in [0, 0.05) is 0 Å². The van der Waals surface area contributed by atoms with Crippen molar-refractivity contribution in [2.24, 2.45) is 0 Å². The van der Waals surface area contributed by atoms with Gasteiger partial charge in [-0.15, -0.1) is 0 Å². The Hall–Kier alpha value is -0.980. The van der Waals surface area contributed by atoms with Gasteiger partial charge in [0.1, 0.15) is 5.75 Å². The Balaban J connectivity index is 2.30. The molecular weight excluding hydrogens is 184 g/mol. The zero-order valence-electron chi connectivity index (χ0n) is 9.92. The molecule has 0 aliphatic heterocycles. The molecule has 15 heavy (non-hydrogen) atoms. The third-order valence-corrected chi connectivity index (χ3v) is 3.00. The molecule has 1 aliphatic carbocycles. The Morgan fingerprint density at radius 2 is 2.07 bits per heavy atom. The van der Waals surface area contributed by atoms with Gasteiger partial charge in [0.05, 0.1) is 6.61 Å². The van der Waals surface area contributed by atoms with Crippen LogP contribution >= 0.6 is 0 Å². The maximum absolute atomic E-state index is 5.65. The second-order valence-electron chi connectivity index (χ2n) is 4.66. The standard InChI is InChI=1S/C14H20O/c1-4-15-14-8-7-12(11-5-6-11)9-13(14)10(2)3/h7-11H,4-6H2,1-3H3. The highest BCUT2D eigenvalue weighted by atomic mass is 16.5. The fourth-order valence-corrected chi connectivity index (χ4v) is 1.98. The smallest absolute Gasteiger partial charge is 0.122 e. The first-order valence-corrected chi connectivity index (χ1v) is 5.99. The monoisotopic (exact) mass is 204 g/mol. The molecule has 0 heterocycles. The minimum atomic E-state index is 0.547. The molecule has 0 N–H and O–H groups in total. The van der Waals surface area contributed by atoms with Crippen LogP contribution in [-0.4, -0.2) is 6.61 Å². The molecule has 1 fully saturated rings. The number of benzene rings is 1. The van der Waals surface area contributed by atoms with Gasteiger partial charge in [0.2, 0.25) is 0 Å². The molecule has 1 aromatic rings.